The quantitative estimate of drug-likeness (QED) is 0.683. The Bertz CT molecular complexity index is 412. The maximum atomic E-state index is 6.08. The van der Waals surface area contributed by atoms with Gasteiger partial charge >= 0.3 is 0 Å². The average molecular weight is 221 g/mol. The van der Waals surface area contributed by atoms with Gasteiger partial charge in [0.2, 0.25) is 0 Å². The fourth-order valence-corrected chi connectivity index (χ4v) is 2.57. The van der Waals surface area contributed by atoms with Crippen LogP contribution in [0.1, 0.15) is 0 Å². The molecule has 2 aromatic carbocycles. The predicted octanol–water partition coefficient (Wildman–Crippen LogP) is 2.97. The summed E-state index contributed by atoms with van der Waals surface area (Å²) in [5, 5.41) is 3.38. The third kappa shape index (κ3) is 2.35. The van der Waals surface area contributed by atoms with Crippen LogP contribution in [0.4, 0.5) is 0 Å². The number of rotatable bonds is 2. The van der Waals surface area contributed by atoms with E-state index in [1.165, 1.54) is 10.6 Å². The first kappa shape index (κ1) is 9.71. The Kier molecular flexibility index (Phi) is 3.18. The van der Waals surface area contributed by atoms with E-state index in [0.717, 1.165) is 5.02 Å². The van der Waals surface area contributed by atoms with Crippen molar-refractivity contribution in [1.29, 1.82) is 0 Å². The molecule has 2 heteroatoms. The normalized spacial score (nSPS) is 10.9. The highest BCUT2D eigenvalue weighted by molar-refractivity contribution is 7.55. The van der Waals surface area contributed by atoms with E-state index in [9.17, 15) is 0 Å². The molecule has 0 aliphatic heterocycles. The zero-order valence-corrected chi connectivity index (χ0v) is 9.33. The standard InChI is InChI=1S/C12H10ClP/c13-11-8-4-5-9-12(11)14-10-6-2-1-3-7-10/h1-9,14H. The van der Waals surface area contributed by atoms with Crippen LogP contribution in [0.2, 0.25) is 5.02 Å². The Labute approximate surface area is 90.7 Å². The Morgan fingerprint density at radius 2 is 1.43 bits per heavy atom. The van der Waals surface area contributed by atoms with E-state index < -0.39 is 0 Å². The minimum absolute atomic E-state index is 0.644. The highest BCUT2D eigenvalue weighted by Gasteiger charge is 1.99. The largest absolute Gasteiger partial charge is 0.0836 e. The Morgan fingerprint density at radius 1 is 0.786 bits per heavy atom. The lowest BCUT2D eigenvalue weighted by Crippen LogP contribution is -2.03. The Balaban J connectivity index is 2.24. The molecule has 0 aliphatic carbocycles. The van der Waals surface area contributed by atoms with Gasteiger partial charge < -0.3 is 0 Å². The molecule has 2 rings (SSSR count). The third-order valence-electron chi connectivity index (χ3n) is 1.93. The molecule has 0 amide bonds. The van der Waals surface area contributed by atoms with Crippen LogP contribution in [0.5, 0.6) is 0 Å². The number of hydrogen-bond donors (Lipinski definition) is 0. The molecule has 0 nitrogen and oxygen atoms in total. The van der Waals surface area contributed by atoms with Gasteiger partial charge in [-0.25, -0.2) is 0 Å². The lowest BCUT2D eigenvalue weighted by molar-refractivity contribution is 1.76. The number of benzene rings is 2. The Morgan fingerprint density at radius 3 is 2.14 bits per heavy atom. The first-order valence-corrected chi connectivity index (χ1v) is 5.80. The second-order valence-electron chi connectivity index (χ2n) is 2.97. The van der Waals surface area contributed by atoms with Gasteiger partial charge in [0.15, 0.2) is 0 Å². The van der Waals surface area contributed by atoms with E-state index in [0.29, 0.717) is 8.58 Å². The van der Waals surface area contributed by atoms with Gasteiger partial charge in [-0.2, -0.15) is 0 Å². The van der Waals surface area contributed by atoms with Crippen molar-refractivity contribution in [3.63, 3.8) is 0 Å². The molecule has 0 saturated carbocycles. The summed E-state index contributed by atoms with van der Waals surface area (Å²) in [6.07, 6.45) is 0. The molecule has 0 heterocycles. The van der Waals surface area contributed by atoms with Gasteiger partial charge in [-0.1, -0.05) is 68.7 Å². The van der Waals surface area contributed by atoms with Crippen LogP contribution in [0, 0.1) is 0 Å². The minimum Gasteiger partial charge on any atom is -0.0836 e. The van der Waals surface area contributed by atoms with E-state index in [4.69, 9.17) is 11.6 Å². The molecule has 0 aliphatic rings. The van der Waals surface area contributed by atoms with Gasteiger partial charge in [0.25, 0.3) is 0 Å². The molecule has 0 aromatic heterocycles. The van der Waals surface area contributed by atoms with Crippen molar-refractivity contribution in [1.82, 2.24) is 0 Å². The number of hydrogen-bond acceptors (Lipinski definition) is 0. The molecule has 1 atom stereocenters. The first-order valence-electron chi connectivity index (χ1n) is 4.43. The van der Waals surface area contributed by atoms with Crippen LogP contribution >= 0.6 is 20.2 Å². The topological polar surface area (TPSA) is 0 Å². The molecular weight excluding hydrogens is 211 g/mol. The van der Waals surface area contributed by atoms with Gasteiger partial charge in [-0.3, -0.25) is 0 Å². The molecule has 2 aromatic rings. The minimum atomic E-state index is 0.644. The SMILES string of the molecule is Clc1ccccc1Pc1ccccc1. The summed E-state index contributed by atoms with van der Waals surface area (Å²) in [4.78, 5) is 0. The molecule has 1 unspecified atom stereocenters. The van der Waals surface area contributed by atoms with Gasteiger partial charge in [0.1, 0.15) is 0 Å². The zero-order valence-electron chi connectivity index (χ0n) is 7.57. The smallest absolute Gasteiger partial charge is 0.0483 e. The fourth-order valence-electron chi connectivity index (χ4n) is 1.24. The van der Waals surface area contributed by atoms with Gasteiger partial charge in [-0.05, 0) is 16.7 Å². The highest BCUT2D eigenvalue weighted by atomic mass is 35.5. The first-order chi connectivity index (χ1) is 6.86. The Hall–Kier alpha value is -0.840. The van der Waals surface area contributed by atoms with Crippen LogP contribution in [-0.2, 0) is 0 Å². The summed E-state index contributed by atoms with van der Waals surface area (Å²) >= 11 is 6.08. The zero-order chi connectivity index (χ0) is 9.80. The molecule has 0 N–H and O–H groups in total. The van der Waals surface area contributed by atoms with Gasteiger partial charge in [0, 0.05) is 5.02 Å². The second-order valence-corrected chi connectivity index (χ2v) is 4.74. The summed E-state index contributed by atoms with van der Waals surface area (Å²) in [5.74, 6) is 0. The van der Waals surface area contributed by atoms with Crippen molar-refractivity contribution in [3.8, 4) is 0 Å². The summed E-state index contributed by atoms with van der Waals surface area (Å²) < 4.78 is 0. The number of halogens is 1. The van der Waals surface area contributed by atoms with Crippen LogP contribution in [-0.4, -0.2) is 0 Å². The molecule has 0 spiro atoms. The lowest BCUT2D eigenvalue weighted by atomic mass is 10.4. The summed E-state index contributed by atoms with van der Waals surface area (Å²) in [6, 6.07) is 18.4. The predicted molar refractivity (Wildman–Crippen MR) is 65.5 cm³/mol. The molecule has 0 radical (unpaired) electrons. The van der Waals surface area contributed by atoms with Crippen molar-refractivity contribution in [3.05, 3.63) is 59.6 Å². The molecule has 0 bridgehead atoms. The van der Waals surface area contributed by atoms with Gasteiger partial charge in [0.05, 0.1) is 0 Å². The fraction of sp³-hybridized carbons (Fsp3) is 0. The molecular formula is C12H10ClP. The van der Waals surface area contributed by atoms with Crippen molar-refractivity contribution in [2.24, 2.45) is 0 Å². The monoisotopic (exact) mass is 220 g/mol. The maximum absolute atomic E-state index is 6.08. The summed E-state index contributed by atoms with van der Waals surface area (Å²) in [5.41, 5.74) is 0. The van der Waals surface area contributed by atoms with E-state index in [2.05, 4.69) is 30.3 Å². The molecule has 70 valence electrons. The van der Waals surface area contributed by atoms with E-state index in [1.807, 2.05) is 24.3 Å². The van der Waals surface area contributed by atoms with E-state index >= 15 is 0 Å². The van der Waals surface area contributed by atoms with Crippen LogP contribution < -0.4 is 10.6 Å². The second kappa shape index (κ2) is 4.59. The van der Waals surface area contributed by atoms with Crippen LogP contribution in [0.15, 0.2) is 54.6 Å². The average Bonchev–Trinajstić information content (AvgIpc) is 2.23. The van der Waals surface area contributed by atoms with E-state index in [1.54, 1.807) is 0 Å². The summed E-state index contributed by atoms with van der Waals surface area (Å²) in [7, 11) is 0.644. The van der Waals surface area contributed by atoms with Crippen molar-refractivity contribution in [2.45, 2.75) is 0 Å². The summed E-state index contributed by atoms with van der Waals surface area (Å²) in [6.45, 7) is 0. The molecule has 14 heavy (non-hydrogen) atoms. The van der Waals surface area contributed by atoms with Gasteiger partial charge in [-0.15, -0.1) is 0 Å². The highest BCUT2D eigenvalue weighted by Crippen LogP contribution is 2.16. The van der Waals surface area contributed by atoms with Crippen molar-refractivity contribution >= 4 is 30.8 Å². The van der Waals surface area contributed by atoms with Crippen molar-refractivity contribution in [2.75, 3.05) is 0 Å². The third-order valence-corrected chi connectivity index (χ3v) is 3.74. The van der Waals surface area contributed by atoms with E-state index in [-0.39, 0.29) is 0 Å². The molecule has 0 saturated heterocycles. The van der Waals surface area contributed by atoms with Crippen LogP contribution in [0.3, 0.4) is 0 Å². The molecule has 0 fully saturated rings. The van der Waals surface area contributed by atoms with Crippen LogP contribution in [0.25, 0.3) is 0 Å². The lowest BCUT2D eigenvalue weighted by Gasteiger charge is -2.03. The maximum Gasteiger partial charge on any atom is 0.0483 e. The van der Waals surface area contributed by atoms with Crippen molar-refractivity contribution < 1.29 is 0 Å².